The highest BCUT2D eigenvalue weighted by molar-refractivity contribution is 7.89. The molecule has 23 heavy (non-hydrogen) atoms. The van der Waals surface area contributed by atoms with Gasteiger partial charge in [0.05, 0.1) is 12.9 Å². The highest BCUT2D eigenvalue weighted by atomic mass is 32.2. The van der Waals surface area contributed by atoms with E-state index in [1.807, 2.05) is 30.3 Å². The van der Waals surface area contributed by atoms with E-state index in [9.17, 15) is 18.0 Å². The Labute approximate surface area is 134 Å². The topological polar surface area (TPSA) is 89.5 Å². The number of rotatable bonds is 4. The summed E-state index contributed by atoms with van der Waals surface area (Å²) in [6, 6.07) is 16.5. The quantitative estimate of drug-likeness (QED) is 0.676. The molecule has 0 spiro atoms. The second-order valence-corrected chi connectivity index (χ2v) is 6.47. The molecule has 0 saturated heterocycles. The Morgan fingerprint density at radius 3 is 2.09 bits per heavy atom. The van der Waals surface area contributed by atoms with Gasteiger partial charge in [-0.15, -0.1) is 0 Å². The zero-order chi connectivity index (χ0) is 16.9. The molecule has 6 nitrogen and oxygen atoms in total. The number of benzene rings is 2. The zero-order valence-corrected chi connectivity index (χ0v) is 13.2. The van der Waals surface area contributed by atoms with Crippen molar-refractivity contribution in [2.45, 2.75) is 5.75 Å². The lowest BCUT2D eigenvalue weighted by Crippen LogP contribution is -2.37. The van der Waals surface area contributed by atoms with Crippen LogP contribution in [0.15, 0.2) is 54.6 Å². The highest BCUT2D eigenvalue weighted by Crippen LogP contribution is 2.19. The lowest BCUT2D eigenvalue weighted by Gasteiger charge is -2.07. The standard InChI is InChI=1S/C16H15NO5S/c1-22-16(19)15(18)17-23(20,21)11-12-7-9-14(10-8-12)13-5-3-2-4-6-13/h2-10H,11H2,1H3,(H,17,18). The van der Waals surface area contributed by atoms with Gasteiger partial charge in [-0.3, -0.25) is 4.79 Å². The fraction of sp³-hybridized carbons (Fsp3) is 0.125. The van der Waals surface area contributed by atoms with Crippen LogP contribution in [0.3, 0.4) is 0 Å². The summed E-state index contributed by atoms with van der Waals surface area (Å²) in [6.45, 7) is 0. The predicted octanol–water partition coefficient (Wildman–Crippen LogP) is 1.47. The molecule has 0 heterocycles. The number of nitrogens with one attached hydrogen (secondary N) is 1. The monoisotopic (exact) mass is 333 g/mol. The van der Waals surface area contributed by atoms with Crippen molar-refractivity contribution in [2.24, 2.45) is 0 Å². The number of hydrogen-bond donors (Lipinski definition) is 1. The molecule has 0 radical (unpaired) electrons. The molecular formula is C16H15NO5S. The number of sulfonamides is 1. The van der Waals surface area contributed by atoms with Crippen molar-refractivity contribution < 1.29 is 22.7 Å². The molecule has 2 rings (SSSR count). The number of methoxy groups -OCH3 is 1. The maximum Gasteiger partial charge on any atom is 0.397 e. The molecular weight excluding hydrogens is 318 g/mol. The molecule has 0 aromatic heterocycles. The summed E-state index contributed by atoms with van der Waals surface area (Å²) in [5.74, 6) is -2.98. The van der Waals surface area contributed by atoms with Crippen molar-refractivity contribution >= 4 is 21.9 Å². The average Bonchev–Trinajstić information content (AvgIpc) is 2.54. The Bertz CT molecular complexity index is 798. The summed E-state index contributed by atoms with van der Waals surface area (Å²) in [5.41, 5.74) is 2.46. The van der Waals surface area contributed by atoms with Gasteiger partial charge in [-0.2, -0.15) is 0 Å². The van der Waals surface area contributed by atoms with Gasteiger partial charge in [0.15, 0.2) is 0 Å². The van der Waals surface area contributed by atoms with E-state index < -0.39 is 27.7 Å². The van der Waals surface area contributed by atoms with Crippen molar-refractivity contribution in [3.63, 3.8) is 0 Å². The number of esters is 1. The van der Waals surface area contributed by atoms with Gasteiger partial charge >= 0.3 is 11.9 Å². The third-order valence-corrected chi connectivity index (χ3v) is 4.25. The van der Waals surface area contributed by atoms with Gasteiger partial charge in [0.1, 0.15) is 0 Å². The van der Waals surface area contributed by atoms with Crippen molar-refractivity contribution in [3.8, 4) is 11.1 Å². The number of hydrogen-bond acceptors (Lipinski definition) is 5. The van der Waals surface area contributed by atoms with Crippen LogP contribution in [0.5, 0.6) is 0 Å². The molecule has 0 bridgehead atoms. The molecule has 2 aromatic carbocycles. The number of carbonyl (C=O) groups excluding carboxylic acids is 2. The molecule has 1 amide bonds. The maximum atomic E-state index is 11.8. The lowest BCUT2D eigenvalue weighted by molar-refractivity contribution is -0.151. The van der Waals surface area contributed by atoms with Gasteiger partial charge in [0, 0.05) is 0 Å². The van der Waals surface area contributed by atoms with Crippen LogP contribution in [0, 0.1) is 0 Å². The summed E-state index contributed by atoms with van der Waals surface area (Å²) < 4.78 is 29.5. The minimum absolute atomic E-state index is 0.412. The van der Waals surface area contributed by atoms with E-state index in [-0.39, 0.29) is 0 Å². The first-order valence-electron chi connectivity index (χ1n) is 6.68. The van der Waals surface area contributed by atoms with Crippen LogP contribution in [-0.4, -0.2) is 27.4 Å². The van der Waals surface area contributed by atoms with Gasteiger partial charge in [0.25, 0.3) is 0 Å². The van der Waals surface area contributed by atoms with Crippen LogP contribution in [0.4, 0.5) is 0 Å². The molecule has 0 unspecified atom stereocenters. The van der Waals surface area contributed by atoms with Crippen LogP contribution >= 0.6 is 0 Å². The number of amides is 1. The third kappa shape index (κ3) is 4.65. The highest BCUT2D eigenvalue weighted by Gasteiger charge is 2.21. The number of carbonyl (C=O) groups is 2. The summed E-state index contributed by atoms with van der Waals surface area (Å²) in [5, 5.41) is 0. The van der Waals surface area contributed by atoms with Crippen LogP contribution in [0.1, 0.15) is 5.56 Å². The molecule has 0 saturated carbocycles. The van der Waals surface area contributed by atoms with Gasteiger partial charge in [0.2, 0.25) is 10.0 Å². The minimum Gasteiger partial charge on any atom is -0.462 e. The van der Waals surface area contributed by atoms with E-state index in [0.717, 1.165) is 18.2 Å². The van der Waals surface area contributed by atoms with Crippen LogP contribution < -0.4 is 4.72 Å². The fourth-order valence-corrected chi connectivity index (χ4v) is 3.02. The molecule has 120 valence electrons. The molecule has 0 aliphatic heterocycles. The van der Waals surface area contributed by atoms with E-state index in [2.05, 4.69) is 4.74 Å². The van der Waals surface area contributed by atoms with Gasteiger partial charge in [-0.1, -0.05) is 54.6 Å². The first kappa shape index (κ1) is 16.7. The van der Waals surface area contributed by atoms with Crippen LogP contribution in [0.2, 0.25) is 0 Å². The predicted molar refractivity (Wildman–Crippen MR) is 84.7 cm³/mol. The normalized spacial score (nSPS) is 10.8. The van der Waals surface area contributed by atoms with Crippen molar-refractivity contribution in [1.29, 1.82) is 0 Å². The largest absolute Gasteiger partial charge is 0.462 e. The Balaban J connectivity index is 2.08. The molecule has 2 aromatic rings. The third-order valence-electron chi connectivity index (χ3n) is 3.04. The van der Waals surface area contributed by atoms with Crippen molar-refractivity contribution in [1.82, 2.24) is 4.72 Å². The molecule has 0 aliphatic rings. The SMILES string of the molecule is COC(=O)C(=O)NS(=O)(=O)Cc1ccc(-c2ccccc2)cc1. The van der Waals surface area contributed by atoms with E-state index in [1.54, 1.807) is 29.0 Å². The summed E-state index contributed by atoms with van der Waals surface area (Å²) in [7, 11) is -2.97. The van der Waals surface area contributed by atoms with E-state index in [0.29, 0.717) is 5.56 Å². The first-order chi connectivity index (χ1) is 10.9. The molecule has 0 aliphatic carbocycles. The van der Waals surface area contributed by atoms with Gasteiger partial charge < -0.3 is 4.74 Å². The second-order valence-electron chi connectivity index (χ2n) is 4.74. The molecule has 1 N–H and O–H groups in total. The van der Waals surface area contributed by atoms with E-state index in [4.69, 9.17) is 0 Å². The second kappa shape index (κ2) is 7.06. The van der Waals surface area contributed by atoms with Crippen LogP contribution in [-0.2, 0) is 30.1 Å². The molecule has 7 heteroatoms. The molecule has 0 atom stereocenters. The van der Waals surface area contributed by atoms with E-state index in [1.165, 1.54) is 0 Å². The summed E-state index contributed by atoms with van der Waals surface area (Å²) in [4.78, 5) is 22.2. The van der Waals surface area contributed by atoms with Crippen molar-refractivity contribution in [2.75, 3.05) is 7.11 Å². The lowest BCUT2D eigenvalue weighted by atomic mass is 10.0. The first-order valence-corrected chi connectivity index (χ1v) is 8.33. The average molecular weight is 333 g/mol. The minimum atomic E-state index is -3.97. The summed E-state index contributed by atoms with van der Waals surface area (Å²) in [6.07, 6.45) is 0. The fourth-order valence-electron chi connectivity index (χ4n) is 1.96. The Hall–Kier alpha value is -2.67. The number of ether oxygens (including phenoxy) is 1. The van der Waals surface area contributed by atoms with Gasteiger partial charge in [-0.05, 0) is 16.7 Å². The van der Waals surface area contributed by atoms with E-state index >= 15 is 0 Å². The Morgan fingerprint density at radius 2 is 1.52 bits per heavy atom. The van der Waals surface area contributed by atoms with Crippen LogP contribution in [0.25, 0.3) is 11.1 Å². The maximum absolute atomic E-state index is 11.8. The Kier molecular flexibility index (Phi) is 5.13. The summed E-state index contributed by atoms with van der Waals surface area (Å²) >= 11 is 0. The molecule has 0 fully saturated rings. The zero-order valence-electron chi connectivity index (χ0n) is 12.4. The smallest absolute Gasteiger partial charge is 0.397 e. The Morgan fingerprint density at radius 1 is 0.957 bits per heavy atom. The van der Waals surface area contributed by atoms with Gasteiger partial charge in [-0.25, -0.2) is 17.9 Å². The van der Waals surface area contributed by atoms with Crippen molar-refractivity contribution in [3.05, 3.63) is 60.2 Å².